The van der Waals surface area contributed by atoms with E-state index < -0.39 is 0 Å². The van der Waals surface area contributed by atoms with Crippen molar-refractivity contribution in [3.8, 4) is 11.4 Å². The second-order valence-electron chi connectivity index (χ2n) is 5.79. The number of aryl methyl sites for hydroxylation is 1. The van der Waals surface area contributed by atoms with E-state index in [4.69, 9.17) is 4.98 Å². The molecule has 4 heteroatoms. The highest BCUT2D eigenvalue weighted by molar-refractivity contribution is 5.66. The highest BCUT2D eigenvalue weighted by Crippen LogP contribution is 2.29. The van der Waals surface area contributed by atoms with Gasteiger partial charge in [-0.1, -0.05) is 19.4 Å². The summed E-state index contributed by atoms with van der Waals surface area (Å²) in [5, 5.41) is 3.43. The van der Waals surface area contributed by atoms with Gasteiger partial charge >= 0.3 is 0 Å². The van der Waals surface area contributed by atoms with Gasteiger partial charge in [0.25, 0.3) is 0 Å². The molecule has 0 atom stereocenters. The maximum absolute atomic E-state index is 4.81. The van der Waals surface area contributed by atoms with Crippen molar-refractivity contribution >= 4 is 5.69 Å². The molecule has 22 heavy (non-hydrogen) atoms. The number of nitrogens with zero attached hydrogens (tertiary/aromatic N) is 3. The molecule has 116 valence electrons. The molecule has 4 nitrogen and oxygen atoms in total. The zero-order chi connectivity index (χ0) is 15.4. The second-order valence-corrected chi connectivity index (χ2v) is 5.79. The summed E-state index contributed by atoms with van der Waals surface area (Å²) in [6, 6.07) is 8.22. The number of nitrogens with one attached hydrogen (secondary N) is 1. The fourth-order valence-corrected chi connectivity index (χ4v) is 3.07. The molecule has 3 rings (SSSR count). The smallest absolute Gasteiger partial charge is 0.0910 e. The molecule has 1 saturated heterocycles. The Labute approximate surface area is 132 Å². The predicted octanol–water partition coefficient (Wildman–Crippen LogP) is 2.81. The minimum absolute atomic E-state index is 0.949. The largest absolute Gasteiger partial charge is 0.369 e. The summed E-state index contributed by atoms with van der Waals surface area (Å²) in [6.07, 6.45) is 4.06. The third-order valence-corrected chi connectivity index (χ3v) is 4.19. The number of aromatic nitrogens is 2. The van der Waals surface area contributed by atoms with Crippen molar-refractivity contribution in [2.75, 3.05) is 31.1 Å². The van der Waals surface area contributed by atoms with Gasteiger partial charge in [-0.2, -0.15) is 0 Å². The van der Waals surface area contributed by atoms with Gasteiger partial charge in [-0.15, -0.1) is 0 Å². The highest BCUT2D eigenvalue weighted by Gasteiger charge is 2.18. The number of anilines is 1. The summed E-state index contributed by atoms with van der Waals surface area (Å²) in [5.74, 6) is 0. The van der Waals surface area contributed by atoms with Gasteiger partial charge in [0.1, 0.15) is 0 Å². The van der Waals surface area contributed by atoms with Crippen LogP contribution in [-0.4, -0.2) is 36.1 Å². The molecule has 1 aliphatic heterocycles. The van der Waals surface area contributed by atoms with Crippen LogP contribution in [0.2, 0.25) is 0 Å². The van der Waals surface area contributed by atoms with Crippen molar-refractivity contribution in [3.63, 3.8) is 0 Å². The first-order chi connectivity index (χ1) is 10.8. The van der Waals surface area contributed by atoms with Gasteiger partial charge in [0.15, 0.2) is 0 Å². The quantitative estimate of drug-likeness (QED) is 0.942. The molecular formula is C18H24N4. The number of hydrogen-bond donors (Lipinski definition) is 1. The average Bonchev–Trinajstić information content (AvgIpc) is 2.58. The minimum atomic E-state index is 0.949. The van der Waals surface area contributed by atoms with Crippen molar-refractivity contribution in [1.82, 2.24) is 15.3 Å². The highest BCUT2D eigenvalue weighted by atomic mass is 15.2. The molecule has 1 fully saturated rings. The summed E-state index contributed by atoms with van der Waals surface area (Å²) in [5.41, 5.74) is 5.80. The Morgan fingerprint density at radius 1 is 1.18 bits per heavy atom. The molecule has 2 aromatic heterocycles. The van der Waals surface area contributed by atoms with E-state index >= 15 is 0 Å². The van der Waals surface area contributed by atoms with Gasteiger partial charge in [-0.05, 0) is 37.1 Å². The second kappa shape index (κ2) is 6.88. The van der Waals surface area contributed by atoms with Crippen LogP contribution >= 0.6 is 0 Å². The van der Waals surface area contributed by atoms with Crippen molar-refractivity contribution in [2.24, 2.45) is 0 Å². The van der Waals surface area contributed by atoms with Crippen molar-refractivity contribution in [1.29, 1.82) is 0 Å². The van der Waals surface area contributed by atoms with Crippen LogP contribution in [0.5, 0.6) is 0 Å². The minimum Gasteiger partial charge on any atom is -0.369 e. The Hall–Kier alpha value is -1.94. The van der Waals surface area contributed by atoms with Crippen LogP contribution in [0.15, 0.2) is 30.5 Å². The van der Waals surface area contributed by atoms with E-state index in [0.717, 1.165) is 56.1 Å². The monoisotopic (exact) mass is 296 g/mol. The molecule has 0 aliphatic carbocycles. The molecule has 0 unspecified atom stereocenters. The van der Waals surface area contributed by atoms with Gasteiger partial charge in [-0.3, -0.25) is 9.97 Å². The predicted molar refractivity (Wildman–Crippen MR) is 91.3 cm³/mol. The zero-order valence-corrected chi connectivity index (χ0v) is 13.5. The summed E-state index contributed by atoms with van der Waals surface area (Å²) >= 11 is 0. The fraction of sp³-hybridized carbons (Fsp3) is 0.444. The van der Waals surface area contributed by atoms with Gasteiger partial charge in [0.2, 0.25) is 0 Å². The van der Waals surface area contributed by atoms with Gasteiger partial charge in [0.05, 0.1) is 11.4 Å². The molecule has 3 heterocycles. The third kappa shape index (κ3) is 3.12. The van der Waals surface area contributed by atoms with Crippen LogP contribution < -0.4 is 10.2 Å². The first kappa shape index (κ1) is 15.0. The molecule has 0 radical (unpaired) electrons. The Kier molecular flexibility index (Phi) is 4.68. The third-order valence-electron chi connectivity index (χ3n) is 4.19. The van der Waals surface area contributed by atoms with E-state index in [9.17, 15) is 0 Å². The molecule has 1 N–H and O–H groups in total. The molecule has 0 spiro atoms. The van der Waals surface area contributed by atoms with Crippen LogP contribution in [0.25, 0.3) is 11.4 Å². The van der Waals surface area contributed by atoms with Crippen LogP contribution in [-0.2, 0) is 6.42 Å². The van der Waals surface area contributed by atoms with Crippen molar-refractivity contribution in [2.45, 2.75) is 26.7 Å². The standard InChI is InChI=1S/C18H24N4/c1-3-6-15-14(2)21-17(16-7-4-5-8-20-16)13-18(15)22-11-9-19-10-12-22/h4-5,7-8,13,19H,3,6,9-12H2,1-2H3. The molecular weight excluding hydrogens is 272 g/mol. The molecule has 0 aromatic carbocycles. The van der Waals surface area contributed by atoms with E-state index in [-0.39, 0.29) is 0 Å². The molecule has 2 aromatic rings. The Balaban J connectivity index is 2.05. The maximum Gasteiger partial charge on any atom is 0.0910 e. The normalized spacial score (nSPS) is 15.1. The summed E-state index contributed by atoms with van der Waals surface area (Å²) in [6.45, 7) is 8.57. The van der Waals surface area contributed by atoms with E-state index in [1.54, 1.807) is 0 Å². The van der Waals surface area contributed by atoms with Crippen LogP contribution in [0.1, 0.15) is 24.6 Å². The summed E-state index contributed by atoms with van der Waals surface area (Å²) in [7, 11) is 0. The van der Waals surface area contributed by atoms with Gasteiger partial charge in [-0.25, -0.2) is 0 Å². The molecule has 1 aliphatic rings. The topological polar surface area (TPSA) is 41.0 Å². The van der Waals surface area contributed by atoms with Crippen molar-refractivity contribution in [3.05, 3.63) is 41.7 Å². The Morgan fingerprint density at radius 3 is 2.68 bits per heavy atom. The average molecular weight is 296 g/mol. The maximum atomic E-state index is 4.81. The van der Waals surface area contributed by atoms with E-state index in [2.05, 4.69) is 35.1 Å². The van der Waals surface area contributed by atoms with E-state index in [1.165, 1.54) is 11.3 Å². The first-order valence-corrected chi connectivity index (χ1v) is 8.17. The lowest BCUT2D eigenvalue weighted by Gasteiger charge is -2.32. The van der Waals surface area contributed by atoms with E-state index in [1.807, 2.05) is 24.4 Å². The van der Waals surface area contributed by atoms with Crippen molar-refractivity contribution < 1.29 is 0 Å². The fourth-order valence-electron chi connectivity index (χ4n) is 3.07. The van der Waals surface area contributed by atoms with Crippen LogP contribution in [0, 0.1) is 6.92 Å². The number of pyridine rings is 2. The lowest BCUT2D eigenvalue weighted by molar-refractivity contribution is 0.587. The SMILES string of the molecule is CCCc1c(N2CCNCC2)cc(-c2ccccn2)nc1C. The number of piperazine rings is 1. The van der Waals surface area contributed by atoms with E-state index in [0.29, 0.717) is 0 Å². The zero-order valence-electron chi connectivity index (χ0n) is 13.5. The van der Waals surface area contributed by atoms with Gasteiger partial charge < -0.3 is 10.2 Å². The van der Waals surface area contributed by atoms with Crippen LogP contribution in [0.3, 0.4) is 0 Å². The number of rotatable bonds is 4. The lowest BCUT2D eigenvalue weighted by Crippen LogP contribution is -2.44. The molecule has 0 bridgehead atoms. The molecule has 0 amide bonds. The summed E-state index contributed by atoms with van der Waals surface area (Å²) < 4.78 is 0. The summed E-state index contributed by atoms with van der Waals surface area (Å²) in [4.78, 5) is 11.8. The Morgan fingerprint density at radius 2 is 2.00 bits per heavy atom. The Bertz CT molecular complexity index is 618. The van der Waals surface area contributed by atoms with Gasteiger partial charge in [0, 0.05) is 43.8 Å². The first-order valence-electron chi connectivity index (χ1n) is 8.17. The molecule has 0 saturated carbocycles. The number of hydrogen-bond acceptors (Lipinski definition) is 4. The lowest BCUT2D eigenvalue weighted by atomic mass is 10.0. The van der Waals surface area contributed by atoms with Crippen LogP contribution in [0.4, 0.5) is 5.69 Å².